The Labute approximate surface area is 291 Å². The minimum atomic E-state index is 0.221. The number of benzene rings is 3. The third-order valence-corrected chi connectivity index (χ3v) is 10.1. The van der Waals surface area contributed by atoms with Gasteiger partial charge >= 0.3 is 5.88 Å². The molecule has 0 amide bonds. The van der Waals surface area contributed by atoms with Crippen molar-refractivity contribution in [2.24, 2.45) is 0 Å². The van der Waals surface area contributed by atoms with Crippen LogP contribution in [0.15, 0.2) is 95.6 Å². The first-order valence-electron chi connectivity index (χ1n) is 15.5. The van der Waals surface area contributed by atoms with Crippen molar-refractivity contribution in [3.05, 3.63) is 102 Å². The smallest absolute Gasteiger partial charge is 0.368 e. The van der Waals surface area contributed by atoms with Gasteiger partial charge in [0.05, 0.1) is 57.3 Å². The van der Waals surface area contributed by atoms with Gasteiger partial charge in [-0.05, 0) is 71.6 Å². The van der Waals surface area contributed by atoms with Crippen molar-refractivity contribution in [1.82, 2.24) is 20.1 Å². The molecule has 47 heavy (non-hydrogen) atoms. The third kappa shape index (κ3) is 6.44. The molecule has 3 aromatic carbocycles. The number of hydrogen-bond acceptors (Lipinski definition) is 8. The molecule has 0 bridgehead atoms. The highest BCUT2D eigenvalue weighted by molar-refractivity contribution is 14.1. The second-order valence-electron chi connectivity index (χ2n) is 12.0. The normalized spacial score (nSPS) is 12.2. The molecule has 0 aliphatic rings. The molecule has 7 aromatic rings. The van der Waals surface area contributed by atoms with E-state index in [0.717, 1.165) is 44.8 Å². The molecule has 1 unspecified atom stereocenters. The van der Waals surface area contributed by atoms with E-state index in [1.54, 1.807) is 18.4 Å². The van der Waals surface area contributed by atoms with E-state index in [1.807, 2.05) is 37.5 Å². The lowest BCUT2D eigenvalue weighted by Gasteiger charge is -2.10. The first-order valence-corrected chi connectivity index (χ1v) is 17.3. The van der Waals surface area contributed by atoms with Gasteiger partial charge in [0.15, 0.2) is 12.7 Å². The highest BCUT2D eigenvalue weighted by Gasteiger charge is 2.21. The molecule has 0 N–H and O–H groups in total. The Morgan fingerprint density at radius 3 is 2.43 bits per heavy atom. The number of fused-ring (bicyclic) bond motifs is 2. The predicted octanol–water partition coefficient (Wildman–Crippen LogP) is 9.24. The van der Waals surface area contributed by atoms with E-state index in [0.29, 0.717) is 29.2 Å². The van der Waals surface area contributed by atoms with Crippen LogP contribution < -0.4 is 12.4 Å². The van der Waals surface area contributed by atoms with Gasteiger partial charge in [-0.1, -0.05) is 44.1 Å². The fraction of sp³-hybridized carbons (Fsp3) is 0.216. The number of ether oxygens (including phenoxy) is 1. The zero-order chi connectivity index (χ0) is 32.7. The lowest BCUT2D eigenvalue weighted by molar-refractivity contribution is -0.703. The van der Waals surface area contributed by atoms with E-state index in [4.69, 9.17) is 19.2 Å². The zero-order valence-corrected chi connectivity index (χ0v) is 29.8. The maximum atomic E-state index is 5.80. The highest BCUT2D eigenvalue weighted by Crippen LogP contribution is 2.33. The van der Waals surface area contributed by atoms with Crippen LogP contribution in [0.3, 0.4) is 0 Å². The molecular weight excluding hydrogens is 719 g/mol. The number of aromatic nitrogens is 5. The fourth-order valence-corrected chi connectivity index (χ4v) is 6.90. The standard InChI is InChI=1S/C37H34IN6O2S/c1-22(2)25-8-13-30-27(18-25)9-14-31(39-30)35-41-36(46-42-35)28-16-17-44(34(20-28)45-5)21-23(3)26-10-15-33-32(19-26)40-37(47-33)24-6-11-29(12-7-24)43(4)38/h6-20,22-23H,21H2,1-5H3/q+1. The molecular formula is C37H34IN6O2S+. The summed E-state index contributed by atoms with van der Waals surface area (Å²) < 4.78 is 16.8. The second kappa shape index (κ2) is 13.0. The van der Waals surface area contributed by atoms with Crippen molar-refractivity contribution in [1.29, 1.82) is 0 Å². The molecule has 10 heteroatoms. The molecule has 236 valence electrons. The maximum Gasteiger partial charge on any atom is 0.368 e. The molecule has 8 nitrogen and oxygen atoms in total. The largest absolute Gasteiger partial charge is 0.448 e. The van der Waals surface area contributed by atoms with Crippen molar-refractivity contribution >= 4 is 61.0 Å². The average molecular weight is 754 g/mol. The summed E-state index contributed by atoms with van der Waals surface area (Å²) in [5.41, 5.74) is 8.17. The fourth-order valence-electron chi connectivity index (χ4n) is 5.62. The summed E-state index contributed by atoms with van der Waals surface area (Å²) in [6, 6.07) is 29.4. The van der Waals surface area contributed by atoms with Crippen molar-refractivity contribution in [2.45, 2.75) is 39.2 Å². The predicted molar refractivity (Wildman–Crippen MR) is 197 cm³/mol. The Morgan fingerprint density at radius 1 is 0.851 bits per heavy atom. The number of pyridine rings is 2. The number of thiazole rings is 1. The van der Waals surface area contributed by atoms with Gasteiger partial charge in [0.25, 0.3) is 5.89 Å². The molecule has 0 saturated carbocycles. The maximum absolute atomic E-state index is 5.80. The quantitative estimate of drug-likeness (QED) is 0.0826. The van der Waals surface area contributed by atoms with Gasteiger partial charge in [-0.15, -0.1) is 11.3 Å². The molecule has 0 saturated heterocycles. The number of methoxy groups -OCH3 is 1. The van der Waals surface area contributed by atoms with Crippen LogP contribution in [0.4, 0.5) is 5.69 Å². The average Bonchev–Trinajstić information content (AvgIpc) is 3.76. The number of hydrogen-bond donors (Lipinski definition) is 0. The Balaban J connectivity index is 1.08. The van der Waals surface area contributed by atoms with Gasteiger partial charge in [0.1, 0.15) is 10.7 Å². The van der Waals surface area contributed by atoms with Crippen LogP contribution in [0.5, 0.6) is 5.88 Å². The Morgan fingerprint density at radius 2 is 1.66 bits per heavy atom. The van der Waals surface area contributed by atoms with Crippen LogP contribution in [0.1, 0.15) is 43.7 Å². The van der Waals surface area contributed by atoms with Crippen molar-refractivity contribution in [3.63, 3.8) is 0 Å². The first kappa shape index (κ1) is 31.2. The van der Waals surface area contributed by atoms with Crippen LogP contribution in [0, 0.1) is 0 Å². The van der Waals surface area contributed by atoms with E-state index < -0.39 is 0 Å². The van der Waals surface area contributed by atoms with Crippen molar-refractivity contribution < 1.29 is 13.8 Å². The molecule has 0 fully saturated rings. The number of anilines is 1. The summed E-state index contributed by atoms with van der Waals surface area (Å²) in [4.78, 5) is 14.4. The van der Waals surface area contributed by atoms with Crippen molar-refractivity contribution in [3.8, 4) is 39.4 Å². The molecule has 1 atom stereocenters. The van der Waals surface area contributed by atoms with Gasteiger partial charge < -0.3 is 12.4 Å². The van der Waals surface area contributed by atoms with Crippen LogP contribution in [-0.2, 0) is 6.54 Å². The zero-order valence-electron chi connectivity index (χ0n) is 26.8. The van der Waals surface area contributed by atoms with E-state index in [1.165, 1.54) is 15.8 Å². The lowest BCUT2D eigenvalue weighted by Crippen LogP contribution is -2.37. The minimum absolute atomic E-state index is 0.221. The van der Waals surface area contributed by atoms with E-state index in [2.05, 4.69) is 122 Å². The molecule has 7 rings (SSSR count). The highest BCUT2D eigenvalue weighted by atomic mass is 127. The van der Waals surface area contributed by atoms with Crippen LogP contribution in [0.2, 0.25) is 0 Å². The van der Waals surface area contributed by atoms with Crippen LogP contribution >= 0.6 is 34.2 Å². The summed E-state index contributed by atoms with van der Waals surface area (Å²) in [7, 11) is 3.71. The first-order chi connectivity index (χ1) is 22.7. The third-order valence-electron chi connectivity index (χ3n) is 8.41. The summed E-state index contributed by atoms with van der Waals surface area (Å²) in [6.07, 6.45) is 2.01. The van der Waals surface area contributed by atoms with Gasteiger partial charge in [-0.2, -0.15) is 9.55 Å². The minimum Gasteiger partial charge on any atom is -0.448 e. The van der Waals surface area contributed by atoms with Gasteiger partial charge in [0.2, 0.25) is 5.82 Å². The van der Waals surface area contributed by atoms with Crippen molar-refractivity contribution in [2.75, 3.05) is 17.3 Å². The molecule has 4 aromatic heterocycles. The topological polar surface area (TPSA) is 81.0 Å². The molecule has 0 aliphatic carbocycles. The summed E-state index contributed by atoms with van der Waals surface area (Å²) in [5, 5.41) is 6.36. The molecule has 0 aliphatic heterocycles. The van der Waals surface area contributed by atoms with Gasteiger partial charge in [-0.3, -0.25) is 0 Å². The number of halogens is 1. The summed E-state index contributed by atoms with van der Waals surface area (Å²) in [5.74, 6) is 2.25. The molecule has 0 radical (unpaired) electrons. The molecule has 4 heterocycles. The van der Waals surface area contributed by atoms with Crippen LogP contribution in [0.25, 0.3) is 54.7 Å². The Hall–Kier alpha value is -4.42. The van der Waals surface area contributed by atoms with Crippen LogP contribution in [-0.4, -0.2) is 34.3 Å². The second-order valence-corrected chi connectivity index (χ2v) is 14.5. The van der Waals surface area contributed by atoms with Gasteiger partial charge in [0, 0.05) is 35.7 Å². The monoisotopic (exact) mass is 753 g/mol. The Kier molecular flexibility index (Phi) is 8.63. The lowest BCUT2D eigenvalue weighted by atomic mass is 10.0. The van der Waals surface area contributed by atoms with E-state index in [9.17, 15) is 0 Å². The van der Waals surface area contributed by atoms with E-state index in [-0.39, 0.29) is 5.92 Å². The van der Waals surface area contributed by atoms with Gasteiger partial charge in [-0.25, -0.2) is 9.97 Å². The van der Waals surface area contributed by atoms with E-state index >= 15 is 0 Å². The molecule has 0 spiro atoms. The number of nitrogens with zero attached hydrogens (tertiary/aromatic N) is 6. The SMILES string of the molecule is COc1cc(-c2nc(-c3ccc4cc(C(C)C)ccc4n3)no2)cc[n+]1CC(C)c1ccc2sc(-c3ccc(N(C)I)cc3)nc2c1. The summed E-state index contributed by atoms with van der Waals surface area (Å²) in [6.45, 7) is 7.33. The number of rotatable bonds is 9. The Bertz CT molecular complexity index is 2210. The summed E-state index contributed by atoms with van der Waals surface area (Å²) >= 11 is 4.00.